The second-order valence-electron chi connectivity index (χ2n) is 12.1. The molecule has 0 aliphatic heterocycles. The van der Waals surface area contributed by atoms with Crippen molar-refractivity contribution >= 4 is 19.8 Å². The largest absolute Gasteiger partial charge is 0.469 e. The molecule has 0 amide bonds. The van der Waals surface area contributed by atoms with Crippen molar-refractivity contribution < 1.29 is 43.0 Å². The number of hydrogen-bond acceptors (Lipinski definition) is 7. The molecule has 0 saturated carbocycles. The Kier molecular flexibility index (Phi) is 29.5. The molecule has 0 heterocycles. The zero-order chi connectivity index (χ0) is 35.0. The Morgan fingerprint density at radius 3 is 1.83 bits per heavy atom. The third-order valence-corrected chi connectivity index (χ3v) is 7.57. The predicted octanol–water partition coefficient (Wildman–Crippen LogP) is 9.00. The van der Waals surface area contributed by atoms with E-state index < -0.39 is 38.6 Å². The van der Waals surface area contributed by atoms with Crippen LogP contribution in [0.1, 0.15) is 130 Å². The van der Waals surface area contributed by atoms with Crippen molar-refractivity contribution in [3.63, 3.8) is 0 Å². The minimum absolute atomic E-state index is 0.0343. The summed E-state index contributed by atoms with van der Waals surface area (Å²) >= 11 is 0. The van der Waals surface area contributed by atoms with Gasteiger partial charge in [-0.2, -0.15) is 0 Å². The van der Waals surface area contributed by atoms with Gasteiger partial charge in [-0.05, 0) is 50.9 Å². The molecule has 0 bridgehead atoms. The first-order valence-electron chi connectivity index (χ1n) is 17.5. The predicted molar refractivity (Wildman–Crippen MR) is 190 cm³/mol. The number of esters is 2. The third kappa shape index (κ3) is 34.9. The molecule has 270 valence electrons. The fourth-order valence-electron chi connectivity index (χ4n) is 4.47. The highest BCUT2D eigenvalue weighted by Crippen LogP contribution is 2.36. The van der Waals surface area contributed by atoms with E-state index in [0.29, 0.717) is 19.3 Å². The summed E-state index contributed by atoms with van der Waals surface area (Å²) in [5, 5.41) is 10.1. The highest BCUT2D eigenvalue weighted by Gasteiger charge is 2.23. The van der Waals surface area contributed by atoms with Crippen LogP contribution in [0.4, 0.5) is 0 Å². The van der Waals surface area contributed by atoms with Gasteiger partial charge in [0.05, 0.1) is 12.7 Å². The van der Waals surface area contributed by atoms with E-state index in [1.165, 1.54) is 32.1 Å². The van der Waals surface area contributed by atoms with Gasteiger partial charge in [0, 0.05) is 12.8 Å². The smallest absolute Gasteiger partial charge is 0.462 e. The standard InChI is InChI=1S/C37H63O9P/c1-4-5-6-7-8-9-10-11-12-13-17-20-23-27-34(38)28-25-30-36(39)44-31-35(32-45-47(41,42)43)46-37(40)29-24-21-18-15-14-16-19-22-26-33(2)3/h5-6,8-9,11-12,17,20,23,27,33-35,38H,4,7,10,13-16,18-19,21-22,24-26,28-32H2,1-3H3,(H2,41,42,43)/b6-5-,9-8-,12-11-,20-17-,27-23+/t34?,35-/m1/s1. The number of ether oxygens (including phenoxy) is 2. The van der Waals surface area contributed by atoms with Gasteiger partial charge in [0.15, 0.2) is 6.10 Å². The summed E-state index contributed by atoms with van der Waals surface area (Å²) in [5.41, 5.74) is 0. The van der Waals surface area contributed by atoms with E-state index in [9.17, 15) is 19.3 Å². The summed E-state index contributed by atoms with van der Waals surface area (Å²) in [6.07, 6.45) is 32.8. The van der Waals surface area contributed by atoms with Crippen molar-refractivity contribution in [2.24, 2.45) is 5.92 Å². The molecule has 10 heteroatoms. The zero-order valence-electron chi connectivity index (χ0n) is 29.2. The first-order valence-corrected chi connectivity index (χ1v) is 19.1. The Bertz CT molecular complexity index is 978. The highest BCUT2D eigenvalue weighted by molar-refractivity contribution is 7.46. The van der Waals surface area contributed by atoms with Gasteiger partial charge in [0.1, 0.15) is 6.61 Å². The lowest BCUT2D eigenvalue weighted by Crippen LogP contribution is -2.29. The molecule has 1 unspecified atom stereocenters. The van der Waals surface area contributed by atoms with Crippen molar-refractivity contribution in [3.8, 4) is 0 Å². The molecule has 0 fully saturated rings. The van der Waals surface area contributed by atoms with Crippen LogP contribution in [0.5, 0.6) is 0 Å². The van der Waals surface area contributed by atoms with Crippen molar-refractivity contribution in [2.45, 2.75) is 142 Å². The van der Waals surface area contributed by atoms with E-state index in [-0.39, 0.29) is 19.4 Å². The molecule has 2 atom stereocenters. The molecule has 0 aromatic carbocycles. The van der Waals surface area contributed by atoms with Gasteiger partial charge in [0.2, 0.25) is 0 Å². The normalized spacial score (nSPS) is 14.0. The van der Waals surface area contributed by atoms with E-state index in [1.54, 1.807) is 12.2 Å². The van der Waals surface area contributed by atoms with Gasteiger partial charge in [0.25, 0.3) is 0 Å². The van der Waals surface area contributed by atoms with Crippen LogP contribution in [-0.4, -0.2) is 52.3 Å². The lowest BCUT2D eigenvalue weighted by molar-refractivity contribution is -0.161. The minimum atomic E-state index is -4.79. The maximum absolute atomic E-state index is 12.3. The van der Waals surface area contributed by atoms with Crippen LogP contribution in [0.2, 0.25) is 0 Å². The molecule has 9 nitrogen and oxygen atoms in total. The summed E-state index contributed by atoms with van der Waals surface area (Å²) in [5.74, 6) is -0.343. The SMILES string of the molecule is CC/C=C\C/C=C\C/C=C\C/C=C\C=C\C(O)CCCC(=O)OC[C@H](COP(=O)(O)O)OC(=O)CCCCCCCCCCC(C)C. The van der Waals surface area contributed by atoms with E-state index in [1.807, 2.05) is 12.2 Å². The fraction of sp³-hybridized carbons (Fsp3) is 0.676. The number of phosphoric ester groups is 1. The van der Waals surface area contributed by atoms with Gasteiger partial charge >= 0.3 is 19.8 Å². The Labute approximate surface area is 284 Å². The maximum atomic E-state index is 12.3. The lowest BCUT2D eigenvalue weighted by Gasteiger charge is -2.18. The van der Waals surface area contributed by atoms with Crippen LogP contribution in [0.25, 0.3) is 0 Å². The van der Waals surface area contributed by atoms with E-state index in [2.05, 4.69) is 61.8 Å². The molecule has 0 aromatic rings. The number of aliphatic hydroxyl groups excluding tert-OH is 1. The van der Waals surface area contributed by atoms with Gasteiger partial charge in [-0.25, -0.2) is 4.57 Å². The second kappa shape index (κ2) is 31.0. The van der Waals surface area contributed by atoms with Crippen LogP contribution in [0.3, 0.4) is 0 Å². The molecule has 0 spiro atoms. The maximum Gasteiger partial charge on any atom is 0.469 e. The molecule has 0 aromatic heterocycles. The van der Waals surface area contributed by atoms with Crippen molar-refractivity contribution in [1.82, 2.24) is 0 Å². The number of aliphatic hydroxyl groups is 1. The van der Waals surface area contributed by atoms with Crippen LogP contribution in [0, 0.1) is 5.92 Å². The summed E-state index contributed by atoms with van der Waals surface area (Å²) in [4.78, 5) is 42.6. The molecule has 0 rings (SSSR count). The topological polar surface area (TPSA) is 140 Å². The molecule has 0 aliphatic carbocycles. The van der Waals surface area contributed by atoms with Crippen molar-refractivity contribution in [1.29, 1.82) is 0 Å². The Hall–Kier alpha value is -2.29. The van der Waals surface area contributed by atoms with Gasteiger partial charge in [-0.15, -0.1) is 0 Å². The van der Waals surface area contributed by atoms with Gasteiger partial charge in [-0.1, -0.05) is 133 Å². The van der Waals surface area contributed by atoms with E-state index in [4.69, 9.17) is 19.3 Å². The molecule has 47 heavy (non-hydrogen) atoms. The quantitative estimate of drug-likeness (QED) is 0.0223. The second-order valence-corrected chi connectivity index (χ2v) is 13.4. The summed E-state index contributed by atoms with van der Waals surface area (Å²) in [7, 11) is -4.79. The molecule has 3 N–H and O–H groups in total. The number of carbonyl (C=O) groups excluding carboxylic acids is 2. The van der Waals surface area contributed by atoms with Crippen molar-refractivity contribution in [3.05, 3.63) is 60.8 Å². The number of carbonyl (C=O) groups is 2. The van der Waals surface area contributed by atoms with E-state index >= 15 is 0 Å². The first kappa shape index (κ1) is 44.7. The van der Waals surface area contributed by atoms with Crippen molar-refractivity contribution in [2.75, 3.05) is 13.2 Å². The zero-order valence-corrected chi connectivity index (χ0v) is 30.1. The average molecular weight is 683 g/mol. The highest BCUT2D eigenvalue weighted by atomic mass is 31.2. The van der Waals surface area contributed by atoms with Crippen LogP contribution in [-0.2, 0) is 28.2 Å². The third-order valence-electron chi connectivity index (χ3n) is 7.08. The molecule has 0 radical (unpaired) electrons. The molecular formula is C37H63O9P. The van der Waals surface area contributed by atoms with Crippen LogP contribution < -0.4 is 0 Å². The molecule has 0 aliphatic rings. The number of hydrogen-bond donors (Lipinski definition) is 3. The fourth-order valence-corrected chi connectivity index (χ4v) is 4.83. The first-order chi connectivity index (χ1) is 22.5. The van der Waals surface area contributed by atoms with Gasteiger partial charge in [-0.3, -0.25) is 14.1 Å². The summed E-state index contributed by atoms with van der Waals surface area (Å²) in [6.45, 7) is 5.63. The lowest BCUT2D eigenvalue weighted by atomic mass is 10.0. The summed E-state index contributed by atoms with van der Waals surface area (Å²) < 4.78 is 26.1. The number of unbranched alkanes of at least 4 members (excludes halogenated alkanes) is 7. The minimum Gasteiger partial charge on any atom is -0.462 e. The Balaban J connectivity index is 4.24. The average Bonchev–Trinajstić information content (AvgIpc) is 3.01. The van der Waals surface area contributed by atoms with Crippen LogP contribution >= 0.6 is 7.82 Å². The number of phosphoric acid groups is 1. The Morgan fingerprint density at radius 2 is 1.23 bits per heavy atom. The number of allylic oxidation sites excluding steroid dienone is 9. The Morgan fingerprint density at radius 1 is 0.681 bits per heavy atom. The molecule has 0 saturated heterocycles. The molecular weight excluding hydrogens is 619 g/mol. The number of rotatable bonds is 30. The van der Waals surface area contributed by atoms with Crippen LogP contribution in [0.15, 0.2) is 60.8 Å². The monoisotopic (exact) mass is 682 g/mol. The van der Waals surface area contributed by atoms with Gasteiger partial charge < -0.3 is 24.4 Å². The summed E-state index contributed by atoms with van der Waals surface area (Å²) in [6, 6.07) is 0. The van der Waals surface area contributed by atoms with E-state index in [0.717, 1.165) is 50.9 Å².